The molecular formula is C21H35NO4. The SMILES string of the molecule is COCCOCN(C(=O)[C@@H](C)[C@H](O)C(C)C)c1ccccc1C(C)(C)C. The molecule has 5 heteroatoms. The van der Waals surface area contributed by atoms with E-state index in [4.69, 9.17) is 9.47 Å². The summed E-state index contributed by atoms with van der Waals surface area (Å²) in [7, 11) is 1.61. The van der Waals surface area contributed by atoms with Crippen LogP contribution in [-0.2, 0) is 19.7 Å². The van der Waals surface area contributed by atoms with Gasteiger partial charge in [-0.2, -0.15) is 0 Å². The zero-order chi connectivity index (χ0) is 19.9. The smallest absolute Gasteiger partial charge is 0.234 e. The standard InChI is InChI=1S/C21H35NO4/c1-15(2)19(23)16(3)20(24)22(14-26-13-12-25-7)18-11-9-8-10-17(18)21(4,5)6/h8-11,15-16,19,23H,12-14H2,1-7H3/t16-,19+/m0/s1. The quantitative estimate of drug-likeness (QED) is 0.537. The summed E-state index contributed by atoms with van der Waals surface area (Å²) in [6.45, 7) is 12.9. The van der Waals surface area contributed by atoms with Crippen molar-refractivity contribution in [1.29, 1.82) is 0 Å². The number of nitrogens with zero attached hydrogens (tertiary/aromatic N) is 1. The first-order valence-corrected chi connectivity index (χ1v) is 9.26. The van der Waals surface area contributed by atoms with Crippen LogP contribution in [0.2, 0.25) is 0 Å². The van der Waals surface area contributed by atoms with Gasteiger partial charge in [-0.3, -0.25) is 9.69 Å². The van der Waals surface area contributed by atoms with Crippen LogP contribution in [-0.4, -0.2) is 44.2 Å². The highest BCUT2D eigenvalue weighted by Crippen LogP contribution is 2.33. The van der Waals surface area contributed by atoms with Gasteiger partial charge >= 0.3 is 0 Å². The molecule has 0 fully saturated rings. The van der Waals surface area contributed by atoms with Gasteiger partial charge in [0.25, 0.3) is 0 Å². The summed E-state index contributed by atoms with van der Waals surface area (Å²) in [4.78, 5) is 14.8. The number of para-hydroxylation sites is 1. The van der Waals surface area contributed by atoms with Gasteiger partial charge in [-0.15, -0.1) is 0 Å². The Hall–Kier alpha value is -1.43. The highest BCUT2D eigenvalue weighted by atomic mass is 16.5. The average Bonchev–Trinajstić information content (AvgIpc) is 2.59. The number of hydrogen-bond donors (Lipinski definition) is 1. The van der Waals surface area contributed by atoms with Crippen LogP contribution in [0.5, 0.6) is 0 Å². The number of amides is 1. The van der Waals surface area contributed by atoms with Crippen LogP contribution in [0.1, 0.15) is 47.1 Å². The molecule has 0 aliphatic heterocycles. The van der Waals surface area contributed by atoms with Gasteiger partial charge in [0.2, 0.25) is 5.91 Å². The summed E-state index contributed by atoms with van der Waals surface area (Å²) in [6.07, 6.45) is -0.703. The summed E-state index contributed by atoms with van der Waals surface area (Å²) in [5.41, 5.74) is 1.77. The van der Waals surface area contributed by atoms with E-state index in [9.17, 15) is 9.90 Å². The van der Waals surface area contributed by atoms with E-state index in [-0.39, 0.29) is 24.0 Å². The molecule has 0 aliphatic rings. The van der Waals surface area contributed by atoms with Crippen molar-refractivity contribution in [1.82, 2.24) is 0 Å². The van der Waals surface area contributed by atoms with Crippen molar-refractivity contribution in [2.45, 2.75) is 53.1 Å². The lowest BCUT2D eigenvalue weighted by atomic mass is 9.85. The van der Waals surface area contributed by atoms with Crippen molar-refractivity contribution < 1.29 is 19.4 Å². The number of ether oxygens (including phenoxy) is 2. The summed E-state index contributed by atoms with van der Waals surface area (Å²) < 4.78 is 10.7. The van der Waals surface area contributed by atoms with E-state index >= 15 is 0 Å². The first kappa shape index (κ1) is 22.6. The summed E-state index contributed by atoms with van der Waals surface area (Å²) in [6, 6.07) is 7.87. The lowest BCUT2D eigenvalue weighted by Gasteiger charge is -2.33. The molecule has 0 aromatic heterocycles. The number of rotatable bonds is 9. The number of aliphatic hydroxyl groups excluding tert-OH is 1. The second-order valence-corrected chi connectivity index (χ2v) is 8.09. The number of hydrogen-bond acceptors (Lipinski definition) is 4. The highest BCUT2D eigenvalue weighted by Gasteiger charge is 2.31. The fourth-order valence-corrected chi connectivity index (χ4v) is 2.86. The van der Waals surface area contributed by atoms with Gasteiger partial charge in [-0.25, -0.2) is 0 Å². The molecule has 5 nitrogen and oxygen atoms in total. The van der Waals surface area contributed by atoms with Gasteiger partial charge in [-0.1, -0.05) is 59.7 Å². The van der Waals surface area contributed by atoms with E-state index in [1.165, 1.54) is 0 Å². The predicted molar refractivity (Wildman–Crippen MR) is 105 cm³/mol. The van der Waals surface area contributed by atoms with E-state index in [1.807, 2.05) is 38.1 Å². The van der Waals surface area contributed by atoms with Crippen molar-refractivity contribution in [2.24, 2.45) is 11.8 Å². The van der Waals surface area contributed by atoms with E-state index in [1.54, 1.807) is 18.9 Å². The fourth-order valence-electron chi connectivity index (χ4n) is 2.86. The van der Waals surface area contributed by atoms with E-state index in [0.29, 0.717) is 13.2 Å². The van der Waals surface area contributed by atoms with Crippen molar-refractivity contribution in [2.75, 3.05) is 32.0 Å². The third kappa shape index (κ3) is 6.08. The Labute approximate surface area is 158 Å². The number of anilines is 1. The molecule has 0 saturated heterocycles. The zero-order valence-electron chi connectivity index (χ0n) is 17.3. The first-order chi connectivity index (χ1) is 12.1. The molecule has 1 amide bonds. The molecule has 0 unspecified atom stereocenters. The molecule has 0 heterocycles. The van der Waals surface area contributed by atoms with Gasteiger partial charge in [0.1, 0.15) is 6.73 Å². The molecule has 2 atom stereocenters. The monoisotopic (exact) mass is 365 g/mol. The number of methoxy groups -OCH3 is 1. The Morgan fingerprint density at radius 1 is 1.15 bits per heavy atom. The zero-order valence-corrected chi connectivity index (χ0v) is 17.3. The average molecular weight is 366 g/mol. The van der Waals surface area contributed by atoms with E-state index in [0.717, 1.165) is 11.3 Å². The minimum absolute atomic E-state index is 0.00284. The van der Waals surface area contributed by atoms with Crippen LogP contribution in [0.4, 0.5) is 5.69 Å². The van der Waals surface area contributed by atoms with Crippen LogP contribution >= 0.6 is 0 Å². The third-order valence-corrected chi connectivity index (χ3v) is 4.51. The molecule has 0 saturated carbocycles. The highest BCUT2D eigenvalue weighted by molar-refractivity contribution is 5.96. The second-order valence-electron chi connectivity index (χ2n) is 8.09. The van der Waals surface area contributed by atoms with E-state index < -0.39 is 12.0 Å². The van der Waals surface area contributed by atoms with Crippen LogP contribution in [0.15, 0.2) is 24.3 Å². The maximum atomic E-state index is 13.2. The largest absolute Gasteiger partial charge is 0.392 e. The Morgan fingerprint density at radius 2 is 1.77 bits per heavy atom. The van der Waals surface area contributed by atoms with Crippen molar-refractivity contribution in [3.05, 3.63) is 29.8 Å². The van der Waals surface area contributed by atoms with Gasteiger partial charge in [0.05, 0.1) is 25.2 Å². The normalized spacial score (nSPS) is 14.3. The summed E-state index contributed by atoms with van der Waals surface area (Å²) in [5, 5.41) is 10.4. The second kappa shape index (κ2) is 10.0. The lowest BCUT2D eigenvalue weighted by Crippen LogP contribution is -2.43. The van der Waals surface area contributed by atoms with Gasteiger partial charge in [0, 0.05) is 12.8 Å². The summed E-state index contributed by atoms with van der Waals surface area (Å²) in [5.74, 6) is -0.655. The molecule has 1 aromatic carbocycles. The van der Waals surface area contributed by atoms with Gasteiger partial charge in [-0.05, 0) is 23.0 Å². The lowest BCUT2D eigenvalue weighted by molar-refractivity contribution is -0.127. The molecule has 0 radical (unpaired) electrons. The molecule has 1 aromatic rings. The van der Waals surface area contributed by atoms with Crippen molar-refractivity contribution >= 4 is 11.6 Å². The Balaban J connectivity index is 3.19. The number of aliphatic hydroxyl groups is 1. The Bertz CT molecular complexity index is 565. The van der Waals surface area contributed by atoms with Crippen molar-refractivity contribution in [3.63, 3.8) is 0 Å². The molecular weight excluding hydrogens is 330 g/mol. The minimum Gasteiger partial charge on any atom is -0.392 e. The Morgan fingerprint density at radius 3 is 2.31 bits per heavy atom. The molecule has 0 aliphatic carbocycles. The van der Waals surface area contributed by atoms with Crippen LogP contribution in [0, 0.1) is 11.8 Å². The molecule has 1 rings (SSSR count). The summed E-state index contributed by atoms with van der Waals surface area (Å²) >= 11 is 0. The van der Waals surface area contributed by atoms with Gasteiger partial charge in [0.15, 0.2) is 0 Å². The van der Waals surface area contributed by atoms with E-state index in [2.05, 4.69) is 20.8 Å². The molecule has 26 heavy (non-hydrogen) atoms. The van der Waals surface area contributed by atoms with Crippen LogP contribution in [0.25, 0.3) is 0 Å². The van der Waals surface area contributed by atoms with Crippen LogP contribution < -0.4 is 4.90 Å². The molecule has 1 N–H and O–H groups in total. The molecule has 0 spiro atoms. The number of benzene rings is 1. The number of carbonyl (C=O) groups is 1. The van der Waals surface area contributed by atoms with Crippen molar-refractivity contribution in [3.8, 4) is 0 Å². The predicted octanol–water partition coefficient (Wildman–Crippen LogP) is 3.59. The minimum atomic E-state index is -0.703. The Kier molecular flexibility index (Phi) is 8.74. The van der Waals surface area contributed by atoms with Crippen LogP contribution in [0.3, 0.4) is 0 Å². The van der Waals surface area contributed by atoms with Gasteiger partial charge < -0.3 is 14.6 Å². The maximum absolute atomic E-state index is 13.2. The molecule has 148 valence electrons. The first-order valence-electron chi connectivity index (χ1n) is 9.26. The third-order valence-electron chi connectivity index (χ3n) is 4.51. The number of carbonyl (C=O) groups excluding carboxylic acids is 1. The molecule has 0 bridgehead atoms. The fraction of sp³-hybridized carbons (Fsp3) is 0.667. The maximum Gasteiger partial charge on any atom is 0.234 e. The topological polar surface area (TPSA) is 59.0 Å².